The molecule has 0 bridgehead atoms. The highest BCUT2D eigenvalue weighted by atomic mass is 32.1. The van der Waals surface area contributed by atoms with Gasteiger partial charge >= 0.3 is 0 Å². The average molecular weight is 346 g/mol. The Morgan fingerprint density at radius 3 is 2.46 bits per heavy atom. The van der Waals surface area contributed by atoms with Crippen molar-refractivity contribution in [3.8, 4) is 0 Å². The molecule has 0 saturated heterocycles. The SMILES string of the molecule is CCCCCCCC1CCC(C2(N=C=S)C=CC(CC)=CC2)CC1. The molecule has 1 atom stereocenters. The second-order valence-corrected chi connectivity index (χ2v) is 7.97. The van der Waals surface area contributed by atoms with E-state index in [1.165, 1.54) is 69.8 Å². The van der Waals surface area contributed by atoms with Crippen LogP contribution in [0, 0.1) is 11.8 Å². The molecule has 1 nitrogen and oxygen atoms in total. The molecule has 0 aromatic heterocycles. The van der Waals surface area contributed by atoms with Crippen LogP contribution < -0.4 is 0 Å². The number of allylic oxidation sites excluding steroid dienone is 2. The molecule has 0 N–H and O–H groups in total. The largest absolute Gasteiger partial charge is 0.221 e. The first-order valence-electron chi connectivity index (χ1n) is 10.2. The molecular formula is C22H35NS. The Morgan fingerprint density at radius 1 is 1.12 bits per heavy atom. The summed E-state index contributed by atoms with van der Waals surface area (Å²) in [5.41, 5.74) is 1.35. The zero-order chi connectivity index (χ0) is 17.3. The van der Waals surface area contributed by atoms with Crippen LogP contribution in [0.4, 0.5) is 0 Å². The summed E-state index contributed by atoms with van der Waals surface area (Å²) in [5.74, 6) is 1.60. The van der Waals surface area contributed by atoms with Crippen LogP contribution in [0.15, 0.2) is 28.8 Å². The van der Waals surface area contributed by atoms with Gasteiger partial charge in [-0.25, -0.2) is 4.99 Å². The zero-order valence-electron chi connectivity index (χ0n) is 15.7. The number of hydrogen-bond acceptors (Lipinski definition) is 2. The summed E-state index contributed by atoms with van der Waals surface area (Å²) in [6.45, 7) is 4.51. The highest BCUT2D eigenvalue weighted by Crippen LogP contribution is 2.43. The first-order chi connectivity index (χ1) is 11.7. The molecule has 0 aliphatic heterocycles. The molecule has 0 radical (unpaired) electrons. The summed E-state index contributed by atoms with van der Waals surface area (Å²) >= 11 is 4.98. The minimum Gasteiger partial charge on any atom is -0.221 e. The molecule has 1 fully saturated rings. The van der Waals surface area contributed by atoms with E-state index < -0.39 is 0 Å². The van der Waals surface area contributed by atoms with E-state index in [1.54, 1.807) is 0 Å². The third-order valence-corrected chi connectivity index (χ3v) is 6.30. The van der Waals surface area contributed by atoms with E-state index >= 15 is 0 Å². The van der Waals surface area contributed by atoms with Crippen LogP contribution >= 0.6 is 12.2 Å². The van der Waals surface area contributed by atoms with E-state index in [4.69, 9.17) is 12.2 Å². The number of thiocarbonyl (C=S) groups is 1. The lowest BCUT2D eigenvalue weighted by Gasteiger charge is -2.40. The van der Waals surface area contributed by atoms with Crippen LogP contribution in [0.25, 0.3) is 0 Å². The third kappa shape index (κ3) is 5.39. The number of nitrogens with zero attached hydrogens (tertiary/aromatic N) is 1. The summed E-state index contributed by atoms with van der Waals surface area (Å²) in [5, 5.41) is 2.70. The topological polar surface area (TPSA) is 12.4 Å². The fourth-order valence-electron chi connectivity index (χ4n) is 4.49. The highest BCUT2D eigenvalue weighted by Gasteiger charge is 2.38. The van der Waals surface area contributed by atoms with Crippen molar-refractivity contribution in [2.24, 2.45) is 16.8 Å². The fraction of sp³-hybridized carbons (Fsp3) is 0.773. The summed E-state index contributed by atoms with van der Waals surface area (Å²) < 4.78 is 0. The zero-order valence-corrected chi connectivity index (χ0v) is 16.5. The van der Waals surface area contributed by atoms with Gasteiger partial charge in [-0.1, -0.05) is 89.0 Å². The Balaban J connectivity index is 1.82. The predicted molar refractivity (Wildman–Crippen MR) is 109 cm³/mol. The Labute approximate surface area is 154 Å². The Hall–Kier alpha value is -0.720. The van der Waals surface area contributed by atoms with Crippen molar-refractivity contribution in [3.63, 3.8) is 0 Å². The second kappa shape index (κ2) is 10.3. The number of unbranched alkanes of at least 4 members (excludes halogenated alkanes) is 4. The summed E-state index contributed by atoms with van der Waals surface area (Å²) in [6.07, 6.45) is 23.0. The van der Waals surface area contributed by atoms with Crippen molar-refractivity contribution in [1.82, 2.24) is 0 Å². The van der Waals surface area contributed by atoms with Crippen LogP contribution in [-0.4, -0.2) is 10.7 Å². The van der Waals surface area contributed by atoms with Crippen molar-refractivity contribution >= 4 is 17.4 Å². The number of hydrogen-bond donors (Lipinski definition) is 0. The van der Waals surface area contributed by atoms with Gasteiger partial charge in [-0.3, -0.25) is 0 Å². The predicted octanol–water partition coefficient (Wildman–Crippen LogP) is 7.29. The van der Waals surface area contributed by atoms with Gasteiger partial charge in [0.05, 0.1) is 10.7 Å². The van der Waals surface area contributed by atoms with E-state index in [-0.39, 0.29) is 5.54 Å². The van der Waals surface area contributed by atoms with Gasteiger partial charge in [0.1, 0.15) is 0 Å². The molecule has 2 rings (SSSR count). The van der Waals surface area contributed by atoms with Crippen molar-refractivity contribution in [2.75, 3.05) is 0 Å². The molecule has 24 heavy (non-hydrogen) atoms. The van der Waals surface area contributed by atoms with Gasteiger partial charge in [-0.2, -0.15) is 0 Å². The molecule has 2 heteroatoms. The molecule has 0 amide bonds. The standard InChI is InChI=1S/C22H35NS/c1-3-5-6-7-8-9-20-10-12-21(13-11-20)22(23-18-24)16-14-19(4-2)15-17-22/h14-16,20-21H,3-13,17H2,1-2H3. The van der Waals surface area contributed by atoms with E-state index in [0.717, 1.165) is 18.8 Å². The second-order valence-electron chi connectivity index (χ2n) is 7.78. The molecule has 134 valence electrons. The van der Waals surface area contributed by atoms with E-state index in [1.807, 2.05) is 0 Å². The lowest BCUT2D eigenvalue weighted by Crippen LogP contribution is -2.37. The van der Waals surface area contributed by atoms with Crippen LogP contribution in [0.5, 0.6) is 0 Å². The van der Waals surface area contributed by atoms with Crippen LogP contribution in [-0.2, 0) is 0 Å². The Morgan fingerprint density at radius 2 is 1.88 bits per heavy atom. The van der Waals surface area contributed by atoms with E-state index in [2.05, 4.69) is 42.2 Å². The van der Waals surface area contributed by atoms with Crippen LogP contribution in [0.1, 0.15) is 90.9 Å². The van der Waals surface area contributed by atoms with Crippen molar-refractivity contribution < 1.29 is 0 Å². The van der Waals surface area contributed by atoms with Gasteiger partial charge in [0.2, 0.25) is 0 Å². The molecular weight excluding hydrogens is 310 g/mol. The summed E-state index contributed by atoms with van der Waals surface area (Å²) in [6, 6.07) is 0. The van der Waals surface area contributed by atoms with Gasteiger partial charge in [0.25, 0.3) is 0 Å². The Bertz CT molecular complexity index is 478. The lowest BCUT2D eigenvalue weighted by atomic mass is 9.68. The fourth-order valence-corrected chi connectivity index (χ4v) is 4.66. The Kier molecular flexibility index (Phi) is 8.42. The minimum atomic E-state index is -0.0908. The first kappa shape index (κ1) is 19.6. The summed E-state index contributed by atoms with van der Waals surface area (Å²) in [4.78, 5) is 4.66. The number of isothiocyanates is 1. The van der Waals surface area contributed by atoms with Crippen molar-refractivity contribution in [1.29, 1.82) is 0 Å². The molecule has 0 aromatic rings. The quantitative estimate of drug-likeness (QED) is 0.243. The maximum Gasteiger partial charge on any atom is 0.0956 e. The number of aliphatic imine (C=N–C) groups is 1. The van der Waals surface area contributed by atoms with Gasteiger partial charge in [-0.05, 0) is 49.7 Å². The third-order valence-electron chi connectivity index (χ3n) is 6.21. The van der Waals surface area contributed by atoms with Crippen LogP contribution in [0.2, 0.25) is 0 Å². The highest BCUT2D eigenvalue weighted by molar-refractivity contribution is 7.78. The lowest BCUT2D eigenvalue weighted by molar-refractivity contribution is 0.197. The first-order valence-corrected chi connectivity index (χ1v) is 10.6. The van der Waals surface area contributed by atoms with Crippen LogP contribution in [0.3, 0.4) is 0 Å². The molecule has 0 heterocycles. The molecule has 1 saturated carbocycles. The normalized spacial score (nSPS) is 29.8. The van der Waals surface area contributed by atoms with E-state index in [9.17, 15) is 0 Å². The van der Waals surface area contributed by atoms with Gasteiger partial charge in [0, 0.05) is 0 Å². The van der Waals surface area contributed by atoms with E-state index in [0.29, 0.717) is 5.92 Å². The average Bonchev–Trinajstić information content (AvgIpc) is 2.63. The van der Waals surface area contributed by atoms with Crippen molar-refractivity contribution in [2.45, 2.75) is 96.4 Å². The van der Waals surface area contributed by atoms with Crippen molar-refractivity contribution in [3.05, 3.63) is 23.8 Å². The molecule has 0 aromatic carbocycles. The maximum atomic E-state index is 4.98. The minimum absolute atomic E-state index is 0.0908. The molecule has 0 spiro atoms. The van der Waals surface area contributed by atoms with Gasteiger partial charge < -0.3 is 0 Å². The molecule has 2 aliphatic rings. The maximum absolute atomic E-state index is 4.98. The van der Waals surface area contributed by atoms with Gasteiger partial charge in [0.15, 0.2) is 0 Å². The number of rotatable bonds is 9. The smallest absolute Gasteiger partial charge is 0.0956 e. The summed E-state index contributed by atoms with van der Waals surface area (Å²) in [7, 11) is 0. The molecule has 1 unspecified atom stereocenters. The van der Waals surface area contributed by atoms with Gasteiger partial charge in [-0.15, -0.1) is 0 Å². The monoisotopic (exact) mass is 345 g/mol. The molecule has 2 aliphatic carbocycles.